The molecule has 0 saturated carbocycles. The lowest BCUT2D eigenvalue weighted by Gasteiger charge is -2.39. The van der Waals surface area contributed by atoms with Gasteiger partial charge in [-0.2, -0.15) is 4.68 Å². The van der Waals surface area contributed by atoms with Crippen LogP contribution in [0, 0.1) is 0 Å². The molecule has 166 valence electrons. The van der Waals surface area contributed by atoms with Crippen molar-refractivity contribution >= 4 is 11.9 Å². The van der Waals surface area contributed by atoms with Gasteiger partial charge in [0.1, 0.15) is 0 Å². The minimum absolute atomic E-state index is 0.0174. The minimum atomic E-state index is -0.0494. The number of fused-ring (bicyclic) bond motifs is 2. The van der Waals surface area contributed by atoms with Crippen molar-refractivity contribution in [2.45, 2.75) is 31.1 Å². The molecule has 1 spiro atoms. The van der Waals surface area contributed by atoms with Crippen LogP contribution in [0.25, 0.3) is 5.69 Å². The molecule has 3 aromatic rings. The van der Waals surface area contributed by atoms with Gasteiger partial charge in [-0.1, -0.05) is 23.3 Å². The number of rotatable bonds is 3. The van der Waals surface area contributed by atoms with E-state index in [9.17, 15) is 4.79 Å². The van der Waals surface area contributed by atoms with Gasteiger partial charge in [0, 0.05) is 37.2 Å². The Morgan fingerprint density at radius 3 is 2.53 bits per heavy atom. The first-order valence-corrected chi connectivity index (χ1v) is 11.3. The predicted octanol–water partition coefficient (Wildman–Crippen LogP) is 1.07. The van der Waals surface area contributed by atoms with Crippen LogP contribution >= 0.6 is 0 Å². The number of tetrazole rings is 1. The van der Waals surface area contributed by atoms with E-state index in [0.717, 1.165) is 74.8 Å². The molecule has 2 fully saturated rings. The fourth-order valence-corrected chi connectivity index (χ4v) is 5.30. The second kappa shape index (κ2) is 7.70. The number of para-hydroxylation sites is 1. The number of aromatic nitrogens is 6. The molecule has 2 aromatic heterocycles. The second-order valence-electron chi connectivity index (χ2n) is 8.81. The zero-order valence-electron chi connectivity index (χ0n) is 17.9. The Bertz CT molecular complexity index is 1160. The molecule has 10 nitrogen and oxygen atoms in total. The molecule has 32 heavy (non-hydrogen) atoms. The zero-order valence-corrected chi connectivity index (χ0v) is 17.9. The first-order valence-electron chi connectivity index (χ1n) is 11.3. The van der Waals surface area contributed by atoms with Crippen LogP contribution in [0.4, 0.5) is 11.9 Å². The van der Waals surface area contributed by atoms with Gasteiger partial charge in [0.2, 0.25) is 11.9 Å². The van der Waals surface area contributed by atoms with E-state index in [-0.39, 0.29) is 11.0 Å². The fourth-order valence-electron chi connectivity index (χ4n) is 5.30. The van der Waals surface area contributed by atoms with Crippen molar-refractivity contribution in [3.63, 3.8) is 0 Å². The molecule has 1 aromatic carbocycles. The van der Waals surface area contributed by atoms with Crippen molar-refractivity contribution in [3.05, 3.63) is 51.9 Å². The average molecular weight is 435 g/mol. The largest absolute Gasteiger partial charge is 0.378 e. The average Bonchev–Trinajstić information content (AvgIpc) is 3.47. The fraction of sp³-hybridized carbons (Fsp3) is 0.500. The third-order valence-corrected chi connectivity index (χ3v) is 7.13. The lowest BCUT2D eigenvalue weighted by molar-refractivity contribution is 0.122. The molecule has 0 amide bonds. The van der Waals surface area contributed by atoms with E-state index in [0.29, 0.717) is 19.2 Å². The summed E-state index contributed by atoms with van der Waals surface area (Å²) < 4.78 is 7.25. The number of anilines is 2. The van der Waals surface area contributed by atoms with E-state index >= 15 is 0 Å². The topological polar surface area (TPSA) is 105 Å². The van der Waals surface area contributed by atoms with Gasteiger partial charge in [0.05, 0.1) is 24.6 Å². The Labute approximate surface area is 185 Å². The van der Waals surface area contributed by atoms with Crippen LogP contribution in [0.1, 0.15) is 30.5 Å². The number of hydrogen-bond donors (Lipinski definition) is 1. The highest BCUT2D eigenvalue weighted by molar-refractivity contribution is 5.44. The molecule has 0 atom stereocenters. The quantitative estimate of drug-likeness (QED) is 0.653. The van der Waals surface area contributed by atoms with Crippen LogP contribution < -0.4 is 15.4 Å². The van der Waals surface area contributed by atoms with E-state index in [2.05, 4.69) is 30.3 Å². The number of benzene rings is 1. The molecule has 1 N–H and O–H groups in total. The molecule has 2 aliphatic heterocycles. The first kappa shape index (κ1) is 19.4. The summed E-state index contributed by atoms with van der Waals surface area (Å²) in [5, 5.41) is 12.4. The predicted molar refractivity (Wildman–Crippen MR) is 118 cm³/mol. The summed E-state index contributed by atoms with van der Waals surface area (Å²) in [7, 11) is 0. The number of nitrogens with zero attached hydrogens (tertiary/aromatic N) is 7. The number of hydrogen-bond acceptors (Lipinski definition) is 8. The zero-order chi connectivity index (χ0) is 21.5. The highest BCUT2D eigenvalue weighted by Gasteiger charge is 2.45. The molecule has 4 heterocycles. The van der Waals surface area contributed by atoms with Gasteiger partial charge in [0.15, 0.2) is 0 Å². The number of aromatic amines is 1. The Hall–Kier alpha value is -3.27. The molecule has 2 saturated heterocycles. The number of H-pyrrole nitrogens is 1. The van der Waals surface area contributed by atoms with Crippen LogP contribution in [0.2, 0.25) is 0 Å². The van der Waals surface area contributed by atoms with Crippen molar-refractivity contribution in [3.8, 4) is 5.69 Å². The monoisotopic (exact) mass is 434 g/mol. The first-order chi connectivity index (χ1) is 15.7. The van der Waals surface area contributed by atoms with Crippen molar-refractivity contribution in [2.24, 2.45) is 0 Å². The third-order valence-electron chi connectivity index (χ3n) is 7.13. The van der Waals surface area contributed by atoms with Crippen LogP contribution in [0.3, 0.4) is 0 Å². The van der Waals surface area contributed by atoms with E-state index in [4.69, 9.17) is 9.72 Å². The van der Waals surface area contributed by atoms with Crippen molar-refractivity contribution in [2.75, 3.05) is 49.2 Å². The van der Waals surface area contributed by atoms with Gasteiger partial charge in [-0.05, 0) is 48.2 Å². The molecule has 0 unspecified atom stereocenters. The summed E-state index contributed by atoms with van der Waals surface area (Å²) >= 11 is 0. The maximum Gasteiger partial charge on any atom is 0.255 e. The molecular weight excluding hydrogens is 408 g/mol. The van der Waals surface area contributed by atoms with E-state index < -0.39 is 0 Å². The molecule has 10 heteroatoms. The number of morpholine rings is 1. The van der Waals surface area contributed by atoms with Crippen molar-refractivity contribution in [1.29, 1.82) is 0 Å². The summed E-state index contributed by atoms with van der Waals surface area (Å²) in [5.74, 6) is 1.45. The molecule has 3 aliphatic rings. The van der Waals surface area contributed by atoms with Crippen LogP contribution in [-0.4, -0.2) is 69.6 Å². The third kappa shape index (κ3) is 3.17. The second-order valence-corrected chi connectivity index (χ2v) is 8.81. The minimum Gasteiger partial charge on any atom is -0.378 e. The summed E-state index contributed by atoms with van der Waals surface area (Å²) in [6.07, 6.45) is 3.63. The van der Waals surface area contributed by atoms with Gasteiger partial charge in [-0.15, -0.1) is 0 Å². The van der Waals surface area contributed by atoms with Crippen LogP contribution in [-0.2, 0) is 16.6 Å². The Morgan fingerprint density at radius 2 is 1.75 bits per heavy atom. The Balaban J connectivity index is 1.26. The summed E-state index contributed by atoms with van der Waals surface area (Å²) in [4.78, 5) is 25.3. The highest BCUT2D eigenvalue weighted by Crippen LogP contribution is 2.45. The maximum atomic E-state index is 12.9. The van der Waals surface area contributed by atoms with Gasteiger partial charge < -0.3 is 14.5 Å². The molecular formula is C22H26N8O2. The smallest absolute Gasteiger partial charge is 0.255 e. The molecule has 0 bridgehead atoms. The number of piperidine rings is 1. The summed E-state index contributed by atoms with van der Waals surface area (Å²) in [6.45, 7) is 4.49. The maximum absolute atomic E-state index is 12.9. The lowest BCUT2D eigenvalue weighted by Crippen LogP contribution is -2.44. The van der Waals surface area contributed by atoms with E-state index in [1.807, 2.05) is 30.3 Å². The normalized spacial score (nSPS) is 20.0. The Morgan fingerprint density at radius 1 is 0.969 bits per heavy atom. The van der Waals surface area contributed by atoms with Gasteiger partial charge in [-0.3, -0.25) is 9.78 Å². The van der Waals surface area contributed by atoms with E-state index in [1.54, 1.807) is 4.68 Å². The van der Waals surface area contributed by atoms with Crippen molar-refractivity contribution < 1.29 is 4.74 Å². The molecule has 6 rings (SSSR count). The summed E-state index contributed by atoms with van der Waals surface area (Å²) in [5.41, 5.74) is 2.78. The van der Waals surface area contributed by atoms with E-state index in [1.165, 1.54) is 0 Å². The molecule has 1 aliphatic carbocycles. The molecule has 0 radical (unpaired) electrons. The summed E-state index contributed by atoms with van der Waals surface area (Å²) in [6, 6.07) is 9.95. The van der Waals surface area contributed by atoms with Crippen LogP contribution in [0.15, 0.2) is 35.1 Å². The standard InChI is InChI=1S/C22H26N8O2/c31-19-17-6-7-22(18(17)23-20(24-19)28-12-14-32-15-13-28)8-10-29(11-9-22)21-25-26-27-30(21)16-4-2-1-3-5-16/h1-5H,6-15H2,(H,23,24,31). The SMILES string of the molecule is O=c1[nH]c(N2CCOCC2)nc2c1CCC21CCN(c2nnnn2-c2ccccc2)CC1. The lowest BCUT2D eigenvalue weighted by atomic mass is 9.76. The Kier molecular flexibility index (Phi) is 4.67. The van der Waals surface area contributed by atoms with Crippen molar-refractivity contribution in [1.82, 2.24) is 30.2 Å². The van der Waals surface area contributed by atoms with Gasteiger partial charge in [-0.25, -0.2) is 4.98 Å². The number of ether oxygens (including phenoxy) is 1. The number of nitrogens with one attached hydrogen (secondary N) is 1. The van der Waals surface area contributed by atoms with Gasteiger partial charge in [0.25, 0.3) is 5.56 Å². The highest BCUT2D eigenvalue weighted by atomic mass is 16.5. The van der Waals surface area contributed by atoms with Crippen LogP contribution in [0.5, 0.6) is 0 Å². The van der Waals surface area contributed by atoms with Gasteiger partial charge >= 0.3 is 0 Å².